The number of hydrogen-bond acceptors (Lipinski definition) is 3. The number of anilines is 1. The van der Waals surface area contributed by atoms with Gasteiger partial charge in [-0.3, -0.25) is 9.97 Å². The molecule has 1 N–H and O–H groups in total. The van der Waals surface area contributed by atoms with Crippen LogP contribution in [0, 0.1) is 0 Å². The first kappa shape index (κ1) is 10.1. The fraction of sp³-hybridized carbons (Fsp3) is 0.0909. The van der Waals surface area contributed by atoms with Crippen LogP contribution in [0.2, 0.25) is 0 Å². The van der Waals surface area contributed by atoms with E-state index >= 15 is 0 Å². The Labute approximate surface area is 96.4 Å². The van der Waals surface area contributed by atoms with Gasteiger partial charge in [-0.15, -0.1) is 6.58 Å². The Kier molecular flexibility index (Phi) is 2.97. The van der Waals surface area contributed by atoms with Crippen LogP contribution in [0.3, 0.4) is 0 Å². The molecule has 2 aromatic rings. The van der Waals surface area contributed by atoms with Gasteiger partial charge in [0.25, 0.3) is 0 Å². The number of rotatable bonds is 3. The first-order valence-corrected chi connectivity index (χ1v) is 5.35. The molecule has 15 heavy (non-hydrogen) atoms. The molecule has 0 bridgehead atoms. The number of halogens is 1. The van der Waals surface area contributed by atoms with Crippen LogP contribution in [0.5, 0.6) is 0 Å². The van der Waals surface area contributed by atoms with Gasteiger partial charge in [-0.25, -0.2) is 0 Å². The van der Waals surface area contributed by atoms with Crippen molar-refractivity contribution in [2.75, 3.05) is 11.9 Å². The van der Waals surface area contributed by atoms with E-state index in [2.05, 4.69) is 37.8 Å². The zero-order valence-electron chi connectivity index (χ0n) is 8.07. The Hall–Kier alpha value is -1.42. The molecule has 3 nitrogen and oxygen atoms in total. The number of fused-ring (bicyclic) bond motifs is 1. The molecule has 2 heterocycles. The molecule has 0 fully saturated rings. The second-order valence-corrected chi connectivity index (χ2v) is 3.97. The molecular weight excluding hydrogens is 254 g/mol. The van der Waals surface area contributed by atoms with Crippen molar-refractivity contribution >= 4 is 32.7 Å². The smallest absolute Gasteiger partial charge is 0.112 e. The maximum Gasteiger partial charge on any atom is 0.112 e. The minimum absolute atomic E-state index is 0.719. The predicted octanol–water partition coefficient (Wildman–Crippen LogP) is 2.99. The van der Waals surface area contributed by atoms with Crippen molar-refractivity contribution in [1.82, 2.24) is 9.97 Å². The van der Waals surface area contributed by atoms with Gasteiger partial charge in [0.2, 0.25) is 0 Å². The van der Waals surface area contributed by atoms with Gasteiger partial charge in [-0.1, -0.05) is 6.08 Å². The third-order valence-corrected chi connectivity index (χ3v) is 2.41. The Morgan fingerprint density at radius 1 is 1.47 bits per heavy atom. The lowest BCUT2D eigenvalue weighted by atomic mass is 10.3. The highest BCUT2D eigenvalue weighted by Crippen LogP contribution is 2.21. The highest BCUT2D eigenvalue weighted by atomic mass is 79.9. The Bertz CT molecular complexity index is 496. The lowest BCUT2D eigenvalue weighted by Crippen LogP contribution is -1.99. The molecule has 0 aromatic carbocycles. The molecule has 0 saturated heterocycles. The van der Waals surface area contributed by atoms with Gasteiger partial charge >= 0.3 is 0 Å². The summed E-state index contributed by atoms with van der Waals surface area (Å²) in [5.41, 5.74) is 2.73. The van der Waals surface area contributed by atoms with Crippen LogP contribution in [-0.2, 0) is 0 Å². The third-order valence-electron chi connectivity index (χ3n) is 1.98. The van der Waals surface area contributed by atoms with Crippen molar-refractivity contribution in [3.63, 3.8) is 0 Å². The number of nitrogens with zero attached hydrogens (tertiary/aromatic N) is 2. The zero-order chi connectivity index (χ0) is 10.7. The fourth-order valence-corrected chi connectivity index (χ4v) is 1.65. The van der Waals surface area contributed by atoms with Crippen LogP contribution in [0.4, 0.5) is 5.69 Å². The van der Waals surface area contributed by atoms with E-state index in [0.717, 1.165) is 27.7 Å². The van der Waals surface area contributed by atoms with Crippen LogP contribution in [0.25, 0.3) is 11.0 Å². The van der Waals surface area contributed by atoms with Gasteiger partial charge in [0.05, 0.1) is 11.2 Å². The summed E-state index contributed by atoms with van der Waals surface area (Å²) >= 11 is 3.37. The summed E-state index contributed by atoms with van der Waals surface area (Å²) in [6.07, 6.45) is 5.34. The summed E-state index contributed by atoms with van der Waals surface area (Å²) in [4.78, 5) is 8.58. The second kappa shape index (κ2) is 4.40. The number of pyridine rings is 2. The largest absolute Gasteiger partial charge is 0.380 e. The van der Waals surface area contributed by atoms with Gasteiger partial charge in [0.1, 0.15) is 5.52 Å². The van der Waals surface area contributed by atoms with Crippen LogP contribution in [-0.4, -0.2) is 16.5 Å². The van der Waals surface area contributed by atoms with Crippen molar-refractivity contribution in [1.29, 1.82) is 0 Å². The molecule has 2 aromatic heterocycles. The molecule has 0 aliphatic heterocycles. The SMILES string of the molecule is C=CCNc1ccnc2cc(Br)cnc12. The standard InChI is InChI=1S/C11H10BrN3/c1-2-4-13-9-3-5-14-10-6-8(12)7-15-11(9)10/h2-3,5-7H,1,4H2,(H,13,14). The van der Waals surface area contributed by atoms with E-state index in [4.69, 9.17) is 0 Å². The van der Waals surface area contributed by atoms with Gasteiger partial charge in [-0.2, -0.15) is 0 Å². The molecule has 0 unspecified atom stereocenters. The number of nitrogens with one attached hydrogen (secondary N) is 1. The van der Waals surface area contributed by atoms with Crippen LogP contribution in [0.1, 0.15) is 0 Å². The maximum absolute atomic E-state index is 4.33. The molecule has 0 saturated carbocycles. The van der Waals surface area contributed by atoms with Gasteiger partial charge in [-0.05, 0) is 28.1 Å². The molecule has 0 aliphatic carbocycles. The minimum Gasteiger partial charge on any atom is -0.380 e. The Balaban J connectivity index is 2.50. The summed E-state index contributed by atoms with van der Waals surface area (Å²) < 4.78 is 0.934. The summed E-state index contributed by atoms with van der Waals surface area (Å²) in [5.74, 6) is 0. The predicted molar refractivity (Wildman–Crippen MR) is 65.9 cm³/mol. The molecule has 2 rings (SSSR count). The van der Waals surface area contributed by atoms with Gasteiger partial charge in [0.15, 0.2) is 0 Å². The number of aromatic nitrogens is 2. The van der Waals surface area contributed by atoms with Gasteiger partial charge in [0, 0.05) is 23.4 Å². The lowest BCUT2D eigenvalue weighted by Gasteiger charge is -2.06. The van der Waals surface area contributed by atoms with Crippen molar-refractivity contribution in [2.45, 2.75) is 0 Å². The quantitative estimate of drug-likeness (QED) is 0.866. The normalized spacial score (nSPS) is 10.2. The molecule has 76 valence electrons. The maximum atomic E-state index is 4.33. The van der Waals surface area contributed by atoms with E-state index in [1.807, 2.05) is 18.2 Å². The summed E-state index contributed by atoms with van der Waals surface area (Å²) in [5, 5.41) is 3.22. The fourth-order valence-electron chi connectivity index (χ4n) is 1.33. The summed E-state index contributed by atoms with van der Waals surface area (Å²) in [6, 6.07) is 3.86. The zero-order valence-corrected chi connectivity index (χ0v) is 9.66. The Morgan fingerprint density at radius 3 is 3.13 bits per heavy atom. The van der Waals surface area contributed by atoms with Crippen LogP contribution >= 0.6 is 15.9 Å². The molecule has 0 spiro atoms. The number of hydrogen-bond donors (Lipinski definition) is 1. The highest BCUT2D eigenvalue weighted by molar-refractivity contribution is 9.10. The van der Waals surface area contributed by atoms with Crippen molar-refractivity contribution in [3.8, 4) is 0 Å². The Morgan fingerprint density at radius 2 is 2.33 bits per heavy atom. The lowest BCUT2D eigenvalue weighted by molar-refractivity contribution is 1.28. The molecular formula is C11H10BrN3. The first-order valence-electron chi connectivity index (χ1n) is 4.56. The molecule has 0 atom stereocenters. The van der Waals surface area contributed by atoms with Crippen molar-refractivity contribution in [3.05, 3.63) is 41.7 Å². The second-order valence-electron chi connectivity index (χ2n) is 3.05. The molecule has 0 radical (unpaired) electrons. The monoisotopic (exact) mass is 263 g/mol. The van der Waals surface area contributed by atoms with Crippen LogP contribution < -0.4 is 5.32 Å². The first-order chi connectivity index (χ1) is 7.31. The van der Waals surface area contributed by atoms with E-state index in [0.29, 0.717) is 0 Å². The van der Waals surface area contributed by atoms with E-state index in [1.165, 1.54) is 0 Å². The topological polar surface area (TPSA) is 37.8 Å². The molecule has 0 amide bonds. The average Bonchev–Trinajstić information content (AvgIpc) is 2.25. The van der Waals surface area contributed by atoms with Crippen molar-refractivity contribution in [2.24, 2.45) is 0 Å². The third kappa shape index (κ3) is 2.15. The summed E-state index contributed by atoms with van der Waals surface area (Å²) in [7, 11) is 0. The van der Waals surface area contributed by atoms with Gasteiger partial charge < -0.3 is 5.32 Å². The molecule has 0 aliphatic rings. The van der Waals surface area contributed by atoms with E-state index in [-0.39, 0.29) is 0 Å². The minimum atomic E-state index is 0.719. The van der Waals surface area contributed by atoms with E-state index in [9.17, 15) is 0 Å². The van der Waals surface area contributed by atoms with E-state index < -0.39 is 0 Å². The highest BCUT2D eigenvalue weighted by Gasteiger charge is 2.02. The van der Waals surface area contributed by atoms with E-state index in [1.54, 1.807) is 12.4 Å². The average molecular weight is 264 g/mol. The molecule has 4 heteroatoms. The summed E-state index contributed by atoms with van der Waals surface area (Å²) in [6.45, 7) is 4.38. The van der Waals surface area contributed by atoms with Crippen molar-refractivity contribution < 1.29 is 0 Å². The van der Waals surface area contributed by atoms with Crippen LogP contribution in [0.15, 0.2) is 41.7 Å².